The van der Waals surface area contributed by atoms with Gasteiger partial charge in [-0.05, 0) is 31.0 Å². The molecule has 0 bridgehead atoms. The molecule has 2 aromatic rings. The van der Waals surface area contributed by atoms with Crippen molar-refractivity contribution in [3.8, 4) is 0 Å². The highest BCUT2D eigenvalue weighted by molar-refractivity contribution is 7.89. The molecule has 0 saturated carbocycles. The summed E-state index contributed by atoms with van der Waals surface area (Å²) in [5, 5.41) is 10.8. The third kappa shape index (κ3) is 4.02. The number of amides is 1. The number of halogens is 1. The van der Waals surface area contributed by atoms with E-state index in [1.54, 1.807) is 0 Å². The first-order chi connectivity index (χ1) is 14.0. The fourth-order valence-corrected chi connectivity index (χ4v) is 4.96. The molecule has 0 radical (unpaired) electrons. The topological polar surface area (TPSA) is 106 Å². The lowest BCUT2D eigenvalue weighted by molar-refractivity contribution is 0.0730. The van der Waals surface area contributed by atoms with Crippen molar-refractivity contribution in [3.05, 3.63) is 41.2 Å². The molecule has 1 N–H and O–H groups in total. The Kier molecular flexibility index (Phi) is 5.61. The summed E-state index contributed by atoms with van der Waals surface area (Å²) in [6.07, 6.45) is 2.92. The minimum Gasteiger partial charge on any atom is -0.379 e. The van der Waals surface area contributed by atoms with Crippen molar-refractivity contribution in [1.82, 2.24) is 24.4 Å². The largest absolute Gasteiger partial charge is 0.379 e. The van der Waals surface area contributed by atoms with E-state index in [-0.39, 0.29) is 30.1 Å². The number of carbonyl (C=O) groups excluding carboxylic acids is 1. The first kappa shape index (κ1) is 19.9. The maximum absolute atomic E-state index is 14.3. The first-order valence-corrected chi connectivity index (χ1v) is 11.0. The van der Waals surface area contributed by atoms with Gasteiger partial charge in [-0.15, -0.1) is 10.2 Å². The number of carbonyl (C=O) groups is 1. The van der Waals surface area contributed by atoms with Crippen LogP contribution in [0.15, 0.2) is 23.1 Å². The summed E-state index contributed by atoms with van der Waals surface area (Å²) in [5.41, 5.74) is -0.322. The predicted octanol–water partition coefficient (Wildman–Crippen LogP) is 0.704. The van der Waals surface area contributed by atoms with Gasteiger partial charge in [-0.25, -0.2) is 12.8 Å². The summed E-state index contributed by atoms with van der Waals surface area (Å²) in [7, 11) is -3.82. The first-order valence-electron chi connectivity index (χ1n) is 9.53. The van der Waals surface area contributed by atoms with Crippen LogP contribution < -0.4 is 5.32 Å². The van der Waals surface area contributed by atoms with Crippen LogP contribution >= 0.6 is 0 Å². The number of sulfonamides is 1. The second kappa shape index (κ2) is 8.17. The van der Waals surface area contributed by atoms with Crippen molar-refractivity contribution in [3.63, 3.8) is 0 Å². The van der Waals surface area contributed by atoms with Crippen molar-refractivity contribution < 1.29 is 22.3 Å². The molecule has 1 aromatic carbocycles. The number of hydrogen-bond donors (Lipinski definition) is 1. The third-order valence-corrected chi connectivity index (χ3v) is 7.03. The molecule has 156 valence electrons. The van der Waals surface area contributed by atoms with E-state index >= 15 is 0 Å². The van der Waals surface area contributed by atoms with Gasteiger partial charge in [0.05, 0.1) is 30.2 Å². The molecule has 4 rings (SSSR count). The van der Waals surface area contributed by atoms with Crippen molar-refractivity contribution in [1.29, 1.82) is 0 Å². The highest BCUT2D eigenvalue weighted by Crippen LogP contribution is 2.20. The molecule has 3 heterocycles. The zero-order chi connectivity index (χ0) is 20.4. The van der Waals surface area contributed by atoms with E-state index in [1.165, 1.54) is 10.4 Å². The van der Waals surface area contributed by atoms with Gasteiger partial charge < -0.3 is 14.6 Å². The third-order valence-electron chi connectivity index (χ3n) is 5.13. The van der Waals surface area contributed by atoms with Gasteiger partial charge in [0, 0.05) is 26.1 Å². The highest BCUT2D eigenvalue weighted by atomic mass is 32.2. The smallest absolute Gasteiger partial charge is 0.254 e. The summed E-state index contributed by atoms with van der Waals surface area (Å²) in [4.78, 5) is 12.4. The van der Waals surface area contributed by atoms with Gasteiger partial charge in [0.25, 0.3) is 5.91 Å². The van der Waals surface area contributed by atoms with Gasteiger partial charge in [-0.2, -0.15) is 4.31 Å². The lowest BCUT2D eigenvalue weighted by Gasteiger charge is -2.26. The van der Waals surface area contributed by atoms with Crippen LogP contribution in [0.3, 0.4) is 0 Å². The monoisotopic (exact) mass is 423 g/mol. The molecule has 2 aliphatic rings. The quantitative estimate of drug-likeness (QED) is 0.759. The van der Waals surface area contributed by atoms with Gasteiger partial charge >= 0.3 is 0 Å². The molecule has 1 amide bonds. The Labute approximate surface area is 167 Å². The van der Waals surface area contributed by atoms with Gasteiger partial charge in [0.1, 0.15) is 11.6 Å². The SMILES string of the molecule is O=C(NCc1nnc2n1CCCC2)c1cc(S(=O)(=O)N2CCOCC2)ccc1F. The molecular formula is C18H22FN5O4S. The van der Waals surface area contributed by atoms with Crippen LogP contribution in [0.25, 0.3) is 0 Å². The number of hydrogen-bond acceptors (Lipinski definition) is 6. The number of ether oxygens (including phenoxy) is 1. The average Bonchev–Trinajstić information content (AvgIpc) is 3.16. The van der Waals surface area contributed by atoms with E-state index in [0.717, 1.165) is 43.8 Å². The van der Waals surface area contributed by atoms with Crippen molar-refractivity contribution in [2.45, 2.75) is 37.2 Å². The molecule has 0 aliphatic carbocycles. The minimum atomic E-state index is -3.82. The lowest BCUT2D eigenvalue weighted by Crippen LogP contribution is -2.40. The maximum atomic E-state index is 14.3. The van der Waals surface area contributed by atoms with E-state index in [4.69, 9.17) is 4.74 Å². The Bertz CT molecular complexity index is 1020. The number of rotatable bonds is 5. The Morgan fingerprint density at radius 1 is 1.17 bits per heavy atom. The summed E-state index contributed by atoms with van der Waals surface area (Å²) >= 11 is 0. The van der Waals surface area contributed by atoms with E-state index in [9.17, 15) is 17.6 Å². The van der Waals surface area contributed by atoms with Crippen LogP contribution in [0.2, 0.25) is 0 Å². The molecule has 0 atom stereocenters. The zero-order valence-corrected chi connectivity index (χ0v) is 16.6. The molecule has 1 fully saturated rings. The Morgan fingerprint density at radius 2 is 1.97 bits per heavy atom. The number of nitrogens with one attached hydrogen (secondary N) is 1. The number of aromatic nitrogens is 3. The number of aryl methyl sites for hydroxylation is 1. The summed E-state index contributed by atoms with van der Waals surface area (Å²) in [6, 6.07) is 3.25. The van der Waals surface area contributed by atoms with Crippen LogP contribution in [0.5, 0.6) is 0 Å². The Hall–Kier alpha value is -2.37. The van der Waals surface area contributed by atoms with E-state index < -0.39 is 21.7 Å². The van der Waals surface area contributed by atoms with Crippen LogP contribution in [-0.2, 0) is 34.3 Å². The molecule has 9 nitrogen and oxygen atoms in total. The molecule has 1 aromatic heterocycles. The Balaban J connectivity index is 1.51. The number of fused-ring (bicyclic) bond motifs is 1. The van der Waals surface area contributed by atoms with Gasteiger partial charge in [0.2, 0.25) is 10.0 Å². The predicted molar refractivity (Wildman–Crippen MR) is 100 cm³/mol. The standard InChI is InChI=1S/C18H22FN5O4S/c19-15-5-4-13(29(26,27)23-7-9-28-10-8-23)11-14(15)18(25)20-12-17-22-21-16-3-1-2-6-24(16)17/h4-5,11H,1-3,6-10,12H2,(H,20,25). The fraction of sp³-hybridized carbons (Fsp3) is 0.500. The molecule has 11 heteroatoms. The number of morpholine rings is 1. The van der Waals surface area contributed by atoms with Gasteiger partial charge in [0.15, 0.2) is 5.82 Å². The average molecular weight is 423 g/mol. The molecule has 1 saturated heterocycles. The van der Waals surface area contributed by atoms with Crippen LogP contribution in [0.1, 0.15) is 34.8 Å². The normalized spacial score (nSPS) is 17.7. The minimum absolute atomic E-state index is 0.0890. The molecule has 0 unspecified atom stereocenters. The fourth-order valence-electron chi connectivity index (χ4n) is 3.53. The second-order valence-electron chi connectivity index (χ2n) is 6.98. The molecular weight excluding hydrogens is 401 g/mol. The molecule has 0 spiro atoms. The molecule has 29 heavy (non-hydrogen) atoms. The van der Waals surface area contributed by atoms with Crippen molar-refractivity contribution in [2.24, 2.45) is 0 Å². The van der Waals surface area contributed by atoms with E-state index in [1.807, 2.05) is 4.57 Å². The lowest BCUT2D eigenvalue weighted by atomic mass is 10.1. The maximum Gasteiger partial charge on any atom is 0.254 e. The van der Waals surface area contributed by atoms with E-state index in [0.29, 0.717) is 19.0 Å². The van der Waals surface area contributed by atoms with Crippen LogP contribution in [0.4, 0.5) is 4.39 Å². The van der Waals surface area contributed by atoms with Crippen molar-refractivity contribution in [2.75, 3.05) is 26.3 Å². The van der Waals surface area contributed by atoms with Crippen LogP contribution in [0, 0.1) is 5.82 Å². The second-order valence-corrected chi connectivity index (χ2v) is 8.92. The number of benzene rings is 1. The van der Waals surface area contributed by atoms with Gasteiger partial charge in [-0.1, -0.05) is 0 Å². The van der Waals surface area contributed by atoms with Gasteiger partial charge in [-0.3, -0.25) is 4.79 Å². The number of nitrogens with zero attached hydrogens (tertiary/aromatic N) is 4. The highest BCUT2D eigenvalue weighted by Gasteiger charge is 2.28. The summed E-state index contributed by atoms with van der Waals surface area (Å²) < 4.78 is 48.2. The van der Waals surface area contributed by atoms with Crippen LogP contribution in [-0.4, -0.2) is 59.7 Å². The molecule has 2 aliphatic heterocycles. The summed E-state index contributed by atoms with van der Waals surface area (Å²) in [6.45, 7) is 1.92. The summed E-state index contributed by atoms with van der Waals surface area (Å²) in [5.74, 6) is -0.00257. The zero-order valence-electron chi connectivity index (χ0n) is 15.8. The Morgan fingerprint density at radius 3 is 2.76 bits per heavy atom. The van der Waals surface area contributed by atoms with Crippen molar-refractivity contribution >= 4 is 15.9 Å². The van der Waals surface area contributed by atoms with E-state index in [2.05, 4.69) is 15.5 Å².